The molecule has 2 aliphatic carbocycles. The first-order chi connectivity index (χ1) is 9.69. The fourth-order valence-electron chi connectivity index (χ4n) is 2.79. The second-order valence-corrected chi connectivity index (χ2v) is 5.30. The predicted octanol–water partition coefficient (Wildman–Crippen LogP) is 1.61. The summed E-state index contributed by atoms with van der Waals surface area (Å²) in [6.45, 7) is 0. The first-order valence-electron chi connectivity index (χ1n) is 6.94. The number of nitrogens with zero attached hydrogens (tertiary/aromatic N) is 2. The number of hydrogen-bond acceptors (Lipinski definition) is 5. The Labute approximate surface area is 119 Å². The summed E-state index contributed by atoms with van der Waals surface area (Å²) in [7, 11) is 7.34. The second kappa shape index (κ2) is 4.89. The van der Waals surface area contributed by atoms with Crippen molar-refractivity contribution in [3.63, 3.8) is 0 Å². The average Bonchev–Trinajstić information content (AvgIpc) is 3.31. The Hall–Kier alpha value is -1.91. The van der Waals surface area contributed by atoms with Crippen LogP contribution in [0.25, 0.3) is 0 Å². The van der Waals surface area contributed by atoms with Crippen LogP contribution in [-0.4, -0.2) is 45.1 Å². The van der Waals surface area contributed by atoms with Crippen LogP contribution in [0, 0.1) is 5.92 Å². The average molecular weight is 275 g/mol. The Morgan fingerprint density at radius 1 is 1.25 bits per heavy atom. The smallest absolute Gasteiger partial charge is 0.160 e. The van der Waals surface area contributed by atoms with Gasteiger partial charge in [-0.05, 0) is 25.0 Å². The lowest BCUT2D eigenvalue weighted by Crippen LogP contribution is -2.43. The van der Waals surface area contributed by atoms with Crippen molar-refractivity contribution in [3.8, 4) is 0 Å². The number of methoxy groups -OCH3 is 2. The van der Waals surface area contributed by atoms with Crippen LogP contribution < -0.4 is 5.32 Å². The molecule has 0 amide bonds. The van der Waals surface area contributed by atoms with Crippen molar-refractivity contribution < 1.29 is 9.47 Å². The maximum Gasteiger partial charge on any atom is 0.160 e. The molecule has 1 fully saturated rings. The summed E-state index contributed by atoms with van der Waals surface area (Å²) < 4.78 is 10.8. The molecule has 5 nitrogen and oxygen atoms in total. The highest BCUT2D eigenvalue weighted by Crippen LogP contribution is 2.38. The summed E-state index contributed by atoms with van der Waals surface area (Å²) in [6, 6.07) is 0.152. The van der Waals surface area contributed by atoms with Gasteiger partial charge in [0.1, 0.15) is 11.7 Å². The Morgan fingerprint density at radius 3 is 2.50 bits per heavy atom. The van der Waals surface area contributed by atoms with Crippen molar-refractivity contribution in [1.29, 1.82) is 0 Å². The van der Waals surface area contributed by atoms with Crippen LogP contribution in [0.3, 0.4) is 0 Å². The topological polar surface area (TPSA) is 46.1 Å². The summed E-state index contributed by atoms with van der Waals surface area (Å²) in [5, 5.41) is 3.21. The van der Waals surface area contributed by atoms with Gasteiger partial charge in [-0.15, -0.1) is 0 Å². The van der Waals surface area contributed by atoms with E-state index in [0.29, 0.717) is 5.92 Å². The van der Waals surface area contributed by atoms with Gasteiger partial charge in [0.2, 0.25) is 0 Å². The summed E-state index contributed by atoms with van der Waals surface area (Å²) in [5.74, 6) is 4.22. The first kappa shape index (κ1) is 13.1. The minimum atomic E-state index is 0.152. The molecule has 1 heterocycles. The Bertz CT molecular complexity index is 541. The van der Waals surface area contributed by atoms with Crippen molar-refractivity contribution in [2.45, 2.75) is 18.9 Å². The molecule has 1 aliphatic heterocycles. The van der Waals surface area contributed by atoms with Crippen molar-refractivity contribution in [2.75, 3.05) is 28.3 Å². The molecule has 0 aromatic carbocycles. The second-order valence-electron chi connectivity index (χ2n) is 5.30. The van der Waals surface area contributed by atoms with E-state index in [2.05, 4.69) is 23.3 Å². The van der Waals surface area contributed by atoms with E-state index in [9.17, 15) is 0 Å². The molecule has 1 atom stereocenters. The standard InChI is InChI=1S/C15H21N3O2/c1-16-14-10-7-12(19-3)13(20-4)8-11(10)18(2)15(17-14)9-5-6-9/h7-9,11,16H,5-6H2,1-4H3. The summed E-state index contributed by atoms with van der Waals surface area (Å²) in [5.41, 5.74) is 1.12. The molecule has 0 radical (unpaired) electrons. The van der Waals surface area contributed by atoms with E-state index in [1.807, 2.05) is 13.1 Å². The van der Waals surface area contributed by atoms with Gasteiger partial charge in [-0.1, -0.05) is 0 Å². The van der Waals surface area contributed by atoms with Gasteiger partial charge in [-0.25, -0.2) is 4.99 Å². The summed E-state index contributed by atoms with van der Waals surface area (Å²) in [4.78, 5) is 7.03. The molecule has 108 valence electrons. The fourth-order valence-corrected chi connectivity index (χ4v) is 2.79. The van der Waals surface area contributed by atoms with E-state index < -0.39 is 0 Å². The van der Waals surface area contributed by atoms with E-state index in [1.165, 1.54) is 18.7 Å². The normalized spacial score (nSPS) is 25.5. The van der Waals surface area contributed by atoms with Gasteiger partial charge in [-0.3, -0.25) is 0 Å². The largest absolute Gasteiger partial charge is 0.493 e. The quantitative estimate of drug-likeness (QED) is 0.847. The molecule has 0 saturated heterocycles. The molecule has 3 rings (SSSR count). The lowest BCUT2D eigenvalue weighted by molar-refractivity contribution is 0.213. The Balaban J connectivity index is 2.07. The number of fused-ring (bicyclic) bond motifs is 1. The number of hydrogen-bond donors (Lipinski definition) is 1. The van der Waals surface area contributed by atoms with Crippen molar-refractivity contribution in [2.24, 2.45) is 10.9 Å². The maximum atomic E-state index is 5.43. The van der Waals surface area contributed by atoms with E-state index in [4.69, 9.17) is 14.5 Å². The molecule has 1 saturated carbocycles. The number of nitrogens with one attached hydrogen (secondary N) is 1. The van der Waals surface area contributed by atoms with Gasteiger partial charge in [-0.2, -0.15) is 0 Å². The van der Waals surface area contributed by atoms with Crippen LogP contribution in [0.15, 0.2) is 40.1 Å². The van der Waals surface area contributed by atoms with Crippen molar-refractivity contribution >= 4 is 5.84 Å². The summed E-state index contributed by atoms with van der Waals surface area (Å²) in [6.07, 6.45) is 6.59. The number of rotatable bonds is 4. The zero-order valence-electron chi connectivity index (χ0n) is 12.4. The van der Waals surface area contributed by atoms with E-state index >= 15 is 0 Å². The molecule has 3 aliphatic rings. The molecular weight excluding hydrogens is 254 g/mol. The van der Waals surface area contributed by atoms with E-state index in [-0.39, 0.29) is 6.04 Å². The zero-order chi connectivity index (χ0) is 14.3. The third kappa shape index (κ3) is 1.97. The molecule has 1 unspecified atom stereocenters. The zero-order valence-corrected chi connectivity index (χ0v) is 12.4. The first-order valence-corrected chi connectivity index (χ1v) is 6.94. The number of likely N-dealkylation sites (N-methyl/N-ethyl adjacent to an activating group) is 1. The van der Waals surface area contributed by atoms with Gasteiger partial charge in [0.15, 0.2) is 11.5 Å². The highest BCUT2D eigenvalue weighted by Gasteiger charge is 2.38. The molecule has 0 bridgehead atoms. The molecule has 5 heteroatoms. The van der Waals surface area contributed by atoms with Gasteiger partial charge in [0, 0.05) is 25.6 Å². The number of aliphatic imine (C=N–C) groups is 1. The van der Waals surface area contributed by atoms with Gasteiger partial charge in [0.25, 0.3) is 0 Å². The molecule has 0 spiro atoms. The van der Waals surface area contributed by atoms with Crippen LogP contribution >= 0.6 is 0 Å². The fraction of sp³-hybridized carbons (Fsp3) is 0.533. The monoisotopic (exact) mass is 275 g/mol. The van der Waals surface area contributed by atoms with Crippen LogP contribution in [-0.2, 0) is 9.47 Å². The highest BCUT2D eigenvalue weighted by atomic mass is 16.5. The predicted molar refractivity (Wildman–Crippen MR) is 78.0 cm³/mol. The number of amidine groups is 1. The van der Waals surface area contributed by atoms with E-state index in [1.54, 1.807) is 14.2 Å². The third-order valence-corrected chi connectivity index (χ3v) is 4.05. The van der Waals surface area contributed by atoms with E-state index in [0.717, 1.165) is 22.9 Å². The summed E-state index contributed by atoms with van der Waals surface area (Å²) >= 11 is 0. The van der Waals surface area contributed by atoms with Gasteiger partial charge >= 0.3 is 0 Å². The Morgan fingerprint density at radius 2 is 1.95 bits per heavy atom. The third-order valence-electron chi connectivity index (χ3n) is 4.05. The molecule has 1 N–H and O–H groups in total. The number of ether oxygens (including phenoxy) is 2. The molecular formula is C15H21N3O2. The van der Waals surface area contributed by atoms with Crippen molar-refractivity contribution in [3.05, 3.63) is 35.1 Å². The molecule has 0 aromatic rings. The lowest BCUT2D eigenvalue weighted by atomic mass is 9.96. The van der Waals surface area contributed by atoms with Gasteiger partial charge in [0.05, 0.1) is 20.3 Å². The maximum absolute atomic E-state index is 5.43. The minimum absolute atomic E-state index is 0.152. The highest BCUT2D eigenvalue weighted by molar-refractivity contribution is 5.89. The Kier molecular flexibility index (Phi) is 3.20. The van der Waals surface area contributed by atoms with Gasteiger partial charge < -0.3 is 19.7 Å². The SMILES string of the molecule is CNC1=C2C=C(OC)C(OC)=CC2N(C)C(C2CC2)=N1. The minimum Gasteiger partial charge on any atom is -0.493 e. The van der Waals surface area contributed by atoms with Crippen LogP contribution in [0.2, 0.25) is 0 Å². The lowest BCUT2D eigenvalue weighted by Gasteiger charge is -2.36. The molecule has 20 heavy (non-hydrogen) atoms. The molecule has 0 aromatic heterocycles. The van der Waals surface area contributed by atoms with Crippen LogP contribution in [0.4, 0.5) is 0 Å². The van der Waals surface area contributed by atoms with Crippen LogP contribution in [0.5, 0.6) is 0 Å². The van der Waals surface area contributed by atoms with Crippen molar-refractivity contribution in [1.82, 2.24) is 10.2 Å². The van der Waals surface area contributed by atoms with Crippen LogP contribution in [0.1, 0.15) is 12.8 Å².